The Morgan fingerprint density at radius 3 is 2.52 bits per heavy atom. The molecular weight excluding hydrogens is 329 g/mol. The Bertz CT molecular complexity index is 631. The Balaban J connectivity index is 2.13. The van der Waals surface area contributed by atoms with Crippen LogP contribution in [0.5, 0.6) is 5.75 Å². The standard InChI is InChI=1S/C16H16Cl3NO/c1-10(12-7-6-11(17)8-15(12)19)20-9-13-14(18)4-3-5-16(13)21-2/h3-8,10,20H,9H2,1-2H3. The highest BCUT2D eigenvalue weighted by Crippen LogP contribution is 2.29. The maximum atomic E-state index is 6.23. The van der Waals surface area contributed by atoms with E-state index in [9.17, 15) is 0 Å². The number of benzene rings is 2. The van der Waals surface area contributed by atoms with Crippen molar-refractivity contribution in [2.45, 2.75) is 19.5 Å². The predicted octanol–water partition coefficient (Wildman–Crippen LogP) is 5.51. The van der Waals surface area contributed by atoms with Crippen molar-refractivity contribution in [1.82, 2.24) is 5.32 Å². The van der Waals surface area contributed by atoms with Gasteiger partial charge in [0.2, 0.25) is 0 Å². The molecule has 0 aromatic heterocycles. The first-order valence-electron chi connectivity index (χ1n) is 6.52. The van der Waals surface area contributed by atoms with Gasteiger partial charge in [-0.3, -0.25) is 0 Å². The van der Waals surface area contributed by atoms with Crippen molar-refractivity contribution < 1.29 is 4.74 Å². The Morgan fingerprint density at radius 2 is 1.86 bits per heavy atom. The van der Waals surface area contributed by atoms with E-state index in [1.165, 1.54) is 0 Å². The van der Waals surface area contributed by atoms with Gasteiger partial charge in [-0.25, -0.2) is 0 Å². The summed E-state index contributed by atoms with van der Waals surface area (Å²) in [6.45, 7) is 2.63. The topological polar surface area (TPSA) is 21.3 Å². The highest BCUT2D eigenvalue weighted by molar-refractivity contribution is 6.35. The molecule has 112 valence electrons. The maximum Gasteiger partial charge on any atom is 0.124 e. The van der Waals surface area contributed by atoms with Crippen LogP contribution in [0.1, 0.15) is 24.1 Å². The van der Waals surface area contributed by atoms with Crippen LogP contribution < -0.4 is 10.1 Å². The fraction of sp³-hybridized carbons (Fsp3) is 0.250. The summed E-state index contributed by atoms with van der Waals surface area (Å²) in [5, 5.41) is 5.35. The zero-order valence-corrected chi connectivity index (χ0v) is 14.1. The molecule has 2 aromatic carbocycles. The van der Waals surface area contributed by atoms with Crippen LogP contribution in [0.2, 0.25) is 15.1 Å². The van der Waals surface area contributed by atoms with Crippen molar-refractivity contribution in [3.8, 4) is 5.75 Å². The molecule has 5 heteroatoms. The molecule has 2 nitrogen and oxygen atoms in total. The van der Waals surface area contributed by atoms with E-state index in [0.717, 1.165) is 16.9 Å². The summed E-state index contributed by atoms with van der Waals surface area (Å²) >= 11 is 18.4. The van der Waals surface area contributed by atoms with E-state index in [1.807, 2.05) is 37.3 Å². The lowest BCUT2D eigenvalue weighted by molar-refractivity contribution is 0.406. The van der Waals surface area contributed by atoms with Gasteiger partial charge >= 0.3 is 0 Å². The zero-order chi connectivity index (χ0) is 15.4. The SMILES string of the molecule is COc1cccc(Cl)c1CNC(C)c1ccc(Cl)cc1Cl. The number of hydrogen-bond acceptors (Lipinski definition) is 2. The monoisotopic (exact) mass is 343 g/mol. The predicted molar refractivity (Wildman–Crippen MR) is 89.7 cm³/mol. The maximum absolute atomic E-state index is 6.23. The summed E-state index contributed by atoms with van der Waals surface area (Å²) in [6, 6.07) is 11.2. The van der Waals surface area contributed by atoms with E-state index >= 15 is 0 Å². The lowest BCUT2D eigenvalue weighted by Gasteiger charge is -2.18. The molecule has 0 saturated carbocycles. The fourth-order valence-electron chi connectivity index (χ4n) is 2.12. The summed E-state index contributed by atoms with van der Waals surface area (Å²) in [5.41, 5.74) is 1.92. The van der Waals surface area contributed by atoms with Gasteiger partial charge in [-0.15, -0.1) is 0 Å². The zero-order valence-electron chi connectivity index (χ0n) is 11.8. The van der Waals surface area contributed by atoms with E-state index < -0.39 is 0 Å². The van der Waals surface area contributed by atoms with Gasteiger partial charge in [0.05, 0.1) is 7.11 Å². The molecule has 21 heavy (non-hydrogen) atoms. The molecule has 0 amide bonds. The third kappa shape index (κ3) is 4.04. The second kappa shape index (κ2) is 7.37. The summed E-state index contributed by atoms with van der Waals surface area (Å²) in [5.74, 6) is 0.768. The van der Waals surface area contributed by atoms with Gasteiger partial charge in [0.15, 0.2) is 0 Å². The first-order valence-corrected chi connectivity index (χ1v) is 7.66. The van der Waals surface area contributed by atoms with Gasteiger partial charge in [-0.1, -0.05) is 46.9 Å². The van der Waals surface area contributed by atoms with Gasteiger partial charge in [-0.05, 0) is 36.8 Å². The van der Waals surface area contributed by atoms with Crippen LogP contribution in [0.4, 0.5) is 0 Å². The molecule has 0 saturated heterocycles. The largest absolute Gasteiger partial charge is 0.496 e. The minimum Gasteiger partial charge on any atom is -0.496 e. The molecule has 0 fully saturated rings. The molecule has 0 bridgehead atoms. The highest BCUT2D eigenvalue weighted by atomic mass is 35.5. The average molecular weight is 345 g/mol. The summed E-state index contributed by atoms with van der Waals surface area (Å²) in [4.78, 5) is 0. The van der Waals surface area contributed by atoms with E-state index in [-0.39, 0.29) is 6.04 Å². The van der Waals surface area contributed by atoms with Gasteiger partial charge in [0.25, 0.3) is 0 Å². The van der Waals surface area contributed by atoms with Crippen LogP contribution in [0, 0.1) is 0 Å². The summed E-state index contributed by atoms with van der Waals surface area (Å²) < 4.78 is 5.34. The second-order valence-corrected chi connectivity index (χ2v) is 5.94. The lowest BCUT2D eigenvalue weighted by atomic mass is 10.1. The number of ether oxygens (including phenoxy) is 1. The highest BCUT2D eigenvalue weighted by Gasteiger charge is 2.12. The molecule has 0 radical (unpaired) electrons. The number of hydrogen-bond donors (Lipinski definition) is 1. The summed E-state index contributed by atoms with van der Waals surface area (Å²) in [6.07, 6.45) is 0. The minimum absolute atomic E-state index is 0.0655. The molecule has 0 aliphatic rings. The third-order valence-electron chi connectivity index (χ3n) is 3.31. The molecule has 0 aliphatic carbocycles. The number of methoxy groups -OCH3 is 1. The molecule has 0 heterocycles. The van der Waals surface area contributed by atoms with Gasteiger partial charge < -0.3 is 10.1 Å². The third-order valence-corrected chi connectivity index (χ3v) is 4.23. The van der Waals surface area contributed by atoms with E-state index in [2.05, 4.69) is 5.32 Å². The van der Waals surface area contributed by atoms with Crippen molar-refractivity contribution in [1.29, 1.82) is 0 Å². The number of nitrogens with one attached hydrogen (secondary N) is 1. The van der Waals surface area contributed by atoms with Crippen LogP contribution in [0.3, 0.4) is 0 Å². The molecular formula is C16H16Cl3NO. The Hall–Kier alpha value is -0.930. The van der Waals surface area contributed by atoms with Crippen LogP contribution in [-0.4, -0.2) is 7.11 Å². The van der Waals surface area contributed by atoms with Crippen molar-refractivity contribution in [3.05, 3.63) is 62.6 Å². The molecule has 0 spiro atoms. The molecule has 1 N–H and O–H groups in total. The fourth-order valence-corrected chi connectivity index (χ4v) is 2.92. The van der Waals surface area contributed by atoms with Crippen LogP contribution in [-0.2, 0) is 6.54 Å². The molecule has 0 aliphatic heterocycles. The Labute approximate surface area is 140 Å². The average Bonchev–Trinajstić information content (AvgIpc) is 2.45. The van der Waals surface area contributed by atoms with Crippen LogP contribution in [0.15, 0.2) is 36.4 Å². The van der Waals surface area contributed by atoms with Crippen molar-refractivity contribution in [2.24, 2.45) is 0 Å². The molecule has 1 atom stereocenters. The van der Waals surface area contributed by atoms with Crippen LogP contribution in [0.25, 0.3) is 0 Å². The van der Waals surface area contributed by atoms with E-state index in [1.54, 1.807) is 13.2 Å². The van der Waals surface area contributed by atoms with Gasteiger partial charge in [0, 0.05) is 33.2 Å². The van der Waals surface area contributed by atoms with Crippen molar-refractivity contribution in [2.75, 3.05) is 7.11 Å². The van der Waals surface area contributed by atoms with Crippen molar-refractivity contribution in [3.63, 3.8) is 0 Å². The first kappa shape index (κ1) is 16.4. The molecule has 2 rings (SSSR count). The smallest absolute Gasteiger partial charge is 0.124 e. The quantitative estimate of drug-likeness (QED) is 0.772. The minimum atomic E-state index is 0.0655. The number of rotatable bonds is 5. The summed E-state index contributed by atoms with van der Waals surface area (Å²) in [7, 11) is 1.63. The normalized spacial score (nSPS) is 12.2. The number of halogens is 3. The van der Waals surface area contributed by atoms with Crippen LogP contribution >= 0.6 is 34.8 Å². The second-order valence-electron chi connectivity index (χ2n) is 4.69. The van der Waals surface area contributed by atoms with E-state index in [0.29, 0.717) is 21.6 Å². The first-order chi connectivity index (χ1) is 10.0. The Morgan fingerprint density at radius 1 is 1.10 bits per heavy atom. The van der Waals surface area contributed by atoms with Gasteiger partial charge in [0.1, 0.15) is 5.75 Å². The van der Waals surface area contributed by atoms with E-state index in [4.69, 9.17) is 39.5 Å². The lowest BCUT2D eigenvalue weighted by Crippen LogP contribution is -2.19. The molecule has 2 aromatic rings. The van der Waals surface area contributed by atoms with Gasteiger partial charge in [-0.2, -0.15) is 0 Å². The molecule has 1 unspecified atom stereocenters. The van der Waals surface area contributed by atoms with Crippen molar-refractivity contribution >= 4 is 34.8 Å². The Kier molecular flexibility index (Phi) is 5.77.